The zero-order valence-corrected chi connectivity index (χ0v) is 8.80. The number of rotatable bonds is 1. The molecule has 0 unspecified atom stereocenters. The fourth-order valence-electron chi connectivity index (χ4n) is 1.14. The Balaban J connectivity index is 2.58. The Hall–Kier alpha value is -1.26. The first-order chi connectivity index (χ1) is 8.29. The topological polar surface area (TPSA) is 50.7 Å². The number of halogens is 2. The number of aromatic amines is 1. The predicted molar refractivity (Wildman–Crippen MR) is 58.9 cm³/mol. The number of nitrogens with zero attached hydrogens (tertiary/aromatic N) is 2. The number of benzene rings is 1. The van der Waals surface area contributed by atoms with Crippen LogP contribution < -0.4 is 5.69 Å². The SMILES string of the molecule is [2H]C([2H])([2H])c1nn(-c2ccc(Cl)cc2Cl)c(=O)[nH]1. The molecule has 6 heteroatoms. The molecule has 78 valence electrons. The highest BCUT2D eigenvalue weighted by Crippen LogP contribution is 2.22. The number of hydrogen-bond acceptors (Lipinski definition) is 2. The summed E-state index contributed by atoms with van der Waals surface area (Å²) in [7, 11) is 0. The van der Waals surface area contributed by atoms with E-state index in [4.69, 9.17) is 27.3 Å². The van der Waals surface area contributed by atoms with Gasteiger partial charge >= 0.3 is 5.69 Å². The van der Waals surface area contributed by atoms with Crippen molar-refractivity contribution in [1.29, 1.82) is 0 Å². The Labute approximate surface area is 99.7 Å². The lowest BCUT2D eigenvalue weighted by molar-refractivity contribution is 0.833. The third kappa shape index (κ3) is 1.91. The van der Waals surface area contributed by atoms with Crippen molar-refractivity contribution in [3.63, 3.8) is 0 Å². The Morgan fingerprint density at radius 1 is 1.53 bits per heavy atom. The highest BCUT2D eigenvalue weighted by molar-refractivity contribution is 6.35. The van der Waals surface area contributed by atoms with Gasteiger partial charge in [-0.1, -0.05) is 23.2 Å². The van der Waals surface area contributed by atoms with Crippen LogP contribution in [0.5, 0.6) is 0 Å². The van der Waals surface area contributed by atoms with Gasteiger partial charge < -0.3 is 0 Å². The number of aryl methyl sites for hydroxylation is 1. The van der Waals surface area contributed by atoms with Crippen LogP contribution in [-0.2, 0) is 0 Å². The molecule has 1 aromatic heterocycles. The summed E-state index contributed by atoms with van der Waals surface area (Å²) >= 11 is 11.7. The molecule has 1 aromatic carbocycles. The standard InChI is InChI=1S/C9H7Cl2N3O/c1-5-12-9(15)14(13-5)8-3-2-6(10)4-7(8)11/h2-4H,1H3,(H,12,13,15)/i1D3. The smallest absolute Gasteiger partial charge is 0.293 e. The molecule has 0 atom stereocenters. The van der Waals surface area contributed by atoms with Gasteiger partial charge in [0.05, 0.1) is 10.7 Å². The second kappa shape index (κ2) is 3.72. The summed E-state index contributed by atoms with van der Waals surface area (Å²) in [5.74, 6) is -0.390. The van der Waals surface area contributed by atoms with Crippen LogP contribution >= 0.6 is 23.2 Å². The molecular weight excluding hydrogens is 237 g/mol. The van der Waals surface area contributed by atoms with Crippen LogP contribution in [0.2, 0.25) is 10.0 Å². The van der Waals surface area contributed by atoms with Gasteiger partial charge in [0.2, 0.25) is 0 Å². The summed E-state index contributed by atoms with van der Waals surface area (Å²) in [6.45, 7) is -2.48. The summed E-state index contributed by atoms with van der Waals surface area (Å²) < 4.78 is 22.4. The molecule has 0 aliphatic carbocycles. The third-order valence-electron chi connectivity index (χ3n) is 1.76. The third-order valence-corrected chi connectivity index (χ3v) is 2.29. The van der Waals surface area contributed by atoms with Crippen LogP contribution in [0.25, 0.3) is 5.69 Å². The summed E-state index contributed by atoms with van der Waals surface area (Å²) in [4.78, 5) is 13.8. The Bertz CT molecular complexity index is 647. The van der Waals surface area contributed by atoms with Crippen LogP contribution in [0.15, 0.2) is 23.0 Å². The van der Waals surface area contributed by atoms with Crippen LogP contribution in [0, 0.1) is 6.85 Å². The van der Waals surface area contributed by atoms with Crippen molar-refractivity contribution in [2.75, 3.05) is 0 Å². The zero-order valence-electron chi connectivity index (χ0n) is 10.3. The van der Waals surface area contributed by atoms with Crippen molar-refractivity contribution in [1.82, 2.24) is 14.8 Å². The van der Waals surface area contributed by atoms with Crippen LogP contribution in [-0.4, -0.2) is 14.8 Å². The molecule has 1 N–H and O–H groups in total. The van der Waals surface area contributed by atoms with Gasteiger partial charge in [0.25, 0.3) is 0 Å². The second-order valence-electron chi connectivity index (χ2n) is 2.79. The van der Waals surface area contributed by atoms with Crippen molar-refractivity contribution in [3.8, 4) is 5.69 Å². The van der Waals surface area contributed by atoms with E-state index in [2.05, 4.69) is 10.1 Å². The molecule has 0 aliphatic rings. The van der Waals surface area contributed by atoms with Crippen LogP contribution in [0.1, 0.15) is 9.94 Å². The molecule has 2 aromatic rings. The van der Waals surface area contributed by atoms with E-state index in [1.54, 1.807) is 0 Å². The molecule has 0 saturated carbocycles. The highest BCUT2D eigenvalue weighted by atomic mass is 35.5. The Morgan fingerprint density at radius 2 is 2.33 bits per heavy atom. The minimum absolute atomic E-state index is 0.202. The van der Waals surface area contributed by atoms with E-state index in [9.17, 15) is 4.79 Å². The van der Waals surface area contributed by atoms with Crippen molar-refractivity contribution in [2.45, 2.75) is 6.85 Å². The normalized spacial score (nSPS) is 14.4. The molecule has 4 nitrogen and oxygen atoms in total. The monoisotopic (exact) mass is 246 g/mol. The lowest BCUT2D eigenvalue weighted by atomic mass is 10.3. The molecule has 2 rings (SSSR count). The summed E-state index contributed by atoms with van der Waals surface area (Å²) in [5.41, 5.74) is -0.414. The average molecular weight is 247 g/mol. The first-order valence-corrected chi connectivity index (χ1v) is 4.70. The maximum Gasteiger partial charge on any atom is 0.348 e. The van der Waals surface area contributed by atoms with Gasteiger partial charge in [-0.25, -0.2) is 4.79 Å². The van der Waals surface area contributed by atoms with E-state index >= 15 is 0 Å². The van der Waals surface area contributed by atoms with Crippen molar-refractivity contribution in [3.05, 3.63) is 44.6 Å². The zero-order chi connectivity index (χ0) is 13.5. The van der Waals surface area contributed by atoms with E-state index in [1.807, 2.05) is 0 Å². The molecule has 15 heavy (non-hydrogen) atoms. The molecular formula is C9H7Cl2N3O. The summed E-state index contributed by atoms with van der Waals surface area (Å²) in [6.07, 6.45) is 0. The maximum atomic E-state index is 11.6. The highest BCUT2D eigenvalue weighted by Gasteiger charge is 2.08. The van der Waals surface area contributed by atoms with Gasteiger partial charge in [-0.05, 0) is 25.1 Å². The molecule has 0 fully saturated rings. The van der Waals surface area contributed by atoms with Gasteiger partial charge in [-0.3, -0.25) is 4.98 Å². The quantitative estimate of drug-likeness (QED) is 0.839. The minimum Gasteiger partial charge on any atom is -0.293 e. The molecule has 0 aliphatic heterocycles. The average Bonchev–Trinajstić information content (AvgIpc) is 2.60. The van der Waals surface area contributed by atoms with E-state index in [0.717, 1.165) is 4.68 Å². The van der Waals surface area contributed by atoms with Gasteiger partial charge in [-0.2, -0.15) is 9.78 Å². The van der Waals surface area contributed by atoms with Crippen molar-refractivity contribution < 1.29 is 4.11 Å². The van der Waals surface area contributed by atoms with Gasteiger partial charge in [0.1, 0.15) is 5.82 Å². The molecule has 1 heterocycles. The largest absolute Gasteiger partial charge is 0.348 e. The number of H-pyrrole nitrogens is 1. The maximum absolute atomic E-state index is 11.6. The second-order valence-corrected chi connectivity index (χ2v) is 3.63. The van der Waals surface area contributed by atoms with E-state index in [1.165, 1.54) is 18.2 Å². The minimum atomic E-state index is -2.48. The molecule has 0 radical (unpaired) electrons. The van der Waals surface area contributed by atoms with Crippen molar-refractivity contribution in [2.24, 2.45) is 0 Å². The van der Waals surface area contributed by atoms with Crippen LogP contribution in [0.4, 0.5) is 0 Å². The van der Waals surface area contributed by atoms with Crippen LogP contribution in [0.3, 0.4) is 0 Å². The fourth-order valence-corrected chi connectivity index (χ4v) is 1.63. The molecule has 0 bridgehead atoms. The number of nitrogens with one attached hydrogen (secondary N) is 1. The predicted octanol–water partition coefficient (Wildman–Crippen LogP) is 2.18. The number of hydrogen-bond donors (Lipinski definition) is 1. The molecule has 0 saturated heterocycles. The summed E-state index contributed by atoms with van der Waals surface area (Å²) in [6, 6.07) is 4.45. The van der Waals surface area contributed by atoms with E-state index < -0.39 is 18.4 Å². The summed E-state index contributed by atoms with van der Waals surface area (Å²) in [5, 5.41) is 4.31. The number of aromatic nitrogens is 3. The first-order valence-electron chi connectivity index (χ1n) is 5.44. The molecule has 0 amide bonds. The lowest BCUT2D eigenvalue weighted by Crippen LogP contribution is -2.16. The van der Waals surface area contributed by atoms with E-state index in [0.29, 0.717) is 5.02 Å². The lowest BCUT2D eigenvalue weighted by Gasteiger charge is -2.02. The van der Waals surface area contributed by atoms with Gasteiger partial charge in [0, 0.05) is 9.13 Å². The first kappa shape index (κ1) is 7.09. The Morgan fingerprint density at radius 3 is 2.93 bits per heavy atom. The van der Waals surface area contributed by atoms with Gasteiger partial charge in [-0.15, -0.1) is 0 Å². The Kier molecular flexibility index (Phi) is 1.76. The van der Waals surface area contributed by atoms with Gasteiger partial charge in [0.15, 0.2) is 0 Å². The van der Waals surface area contributed by atoms with Crippen molar-refractivity contribution >= 4 is 23.2 Å². The van der Waals surface area contributed by atoms with E-state index in [-0.39, 0.29) is 10.7 Å². The fraction of sp³-hybridized carbons (Fsp3) is 0.111. The molecule has 0 spiro atoms.